The largest absolute Gasteiger partial charge is 0.472 e. The molecule has 1 aliphatic rings. The average molecular weight is 370 g/mol. The highest BCUT2D eigenvalue weighted by Crippen LogP contribution is 2.41. The Kier molecular flexibility index (Phi) is 6.64. The maximum absolute atomic E-state index is 10.7. The summed E-state index contributed by atoms with van der Waals surface area (Å²) in [7, 11) is -10.1. The molecule has 1 aliphatic heterocycles. The predicted molar refractivity (Wildman–Crippen MR) is 63.8 cm³/mol. The number of hydrogen-bond acceptors (Lipinski definition) is 9. The molecule has 0 aliphatic carbocycles. The molecule has 6 atom stereocenters. The molecule has 0 radical (unpaired) electrons. The van der Waals surface area contributed by atoms with Gasteiger partial charge < -0.3 is 44.7 Å². The van der Waals surface area contributed by atoms with E-state index in [-0.39, 0.29) is 0 Å². The summed E-state index contributed by atoms with van der Waals surface area (Å²) in [6.45, 7) is -1.03. The zero-order chi connectivity index (χ0) is 17.3. The normalized spacial score (nSPS) is 35.4. The van der Waals surface area contributed by atoms with Crippen molar-refractivity contribution in [2.45, 2.75) is 36.8 Å². The molecule has 0 amide bonds. The summed E-state index contributed by atoms with van der Waals surface area (Å²) in [6.07, 6.45) is -11.8. The SMILES string of the molecule is O=P(O)(O)OCC(O)C1O[C@@H](OP(=O)(O)O)C(O)C(O)C1O. The summed E-state index contributed by atoms with van der Waals surface area (Å²) in [6, 6.07) is 0. The van der Waals surface area contributed by atoms with Crippen LogP contribution >= 0.6 is 15.6 Å². The van der Waals surface area contributed by atoms with Gasteiger partial charge in [0, 0.05) is 0 Å². The zero-order valence-electron chi connectivity index (χ0n) is 10.7. The Morgan fingerprint density at radius 1 is 0.955 bits per heavy atom. The third-order valence-corrected chi connectivity index (χ3v) is 3.61. The van der Waals surface area contributed by atoms with Crippen LogP contribution in [0.2, 0.25) is 0 Å². The van der Waals surface area contributed by atoms with E-state index in [0.717, 1.165) is 0 Å². The van der Waals surface area contributed by atoms with Gasteiger partial charge in [0.05, 0.1) is 6.61 Å². The van der Waals surface area contributed by atoms with Crippen LogP contribution in [-0.2, 0) is 22.9 Å². The van der Waals surface area contributed by atoms with E-state index in [0.29, 0.717) is 0 Å². The summed E-state index contributed by atoms with van der Waals surface area (Å²) in [5.74, 6) is 0. The molecule has 1 rings (SSSR count). The van der Waals surface area contributed by atoms with Crippen LogP contribution in [0.5, 0.6) is 0 Å². The van der Waals surface area contributed by atoms with Crippen LogP contribution in [0.1, 0.15) is 0 Å². The van der Waals surface area contributed by atoms with Crippen molar-refractivity contribution < 1.29 is 62.9 Å². The first-order chi connectivity index (χ1) is 9.82. The van der Waals surface area contributed by atoms with Crippen molar-refractivity contribution in [3.05, 3.63) is 0 Å². The first kappa shape index (κ1) is 20.1. The predicted octanol–water partition coefficient (Wildman–Crippen LogP) is -3.63. The smallest absolute Gasteiger partial charge is 0.388 e. The molecule has 132 valence electrons. The van der Waals surface area contributed by atoms with Gasteiger partial charge in [-0.25, -0.2) is 9.13 Å². The standard InChI is InChI=1S/C7H16O13P2/c8-2(1-18-21(12,13)14)6-4(10)3(9)5(11)7(19-6)20-22(15,16)17/h2-11H,1H2,(H2,12,13,14)(H2,15,16,17)/t2?,3?,4?,5?,6?,7-/m0/s1. The van der Waals surface area contributed by atoms with Gasteiger partial charge in [-0.2, -0.15) is 0 Å². The van der Waals surface area contributed by atoms with Crippen LogP contribution < -0.4 is 0 Å². The van der Waals surface area contributed by atoms with E-state index in [9.17, 15) is 29.6 Å². The first-order valence-electron chi connectivity index (χ1n) is 5.63. The minimum absolute atomic E-state index is 1.03. The van der Waals surface area contributed by atoms with E-state index in [1.54, 1.807) is 0 Å². The number of rotatable bonds is 6. The fraction of sp³-hybridized carbons (Fsp3) is 1.00. The van der Waals surface area contributed by atoms with Gasteiger partial charge in [0.2, 0.25) is 0 Å². The lowest BCUT2D eigenvalue weighted by Crippen LogP contribution is -2.61. The Bertz CT molecular complexity index is 457. The molecule has 0 aromatic rings. The van der Waals surface area contributed by atoms with E-state index in [1.165, 1.54) is 0 Å². The van der Waals surface area contributed by atoms with Crippen molar-refractivity contribution in [2.24, 2.45) is 0 Å². The van der Waals surface area contributed by atoms with Crippen LogP contribution in [0, 0.1) is 0 Å². The lowest BCUT2D eigenvalue weighted by atomic mass is 9.96. The molecule has 0 aromatic heterocycles. The molecule has 5 unspecified atom stereocenters. The van der Waals surface area contributed by atoms with E-state index in [2.05, 4.69) is 9.05 Å². The highest BCUT2D eigenvalue weighted by atomic mass is 31.2. The fourth-order valence-corrected chi connectivity index (χ4v) is 2.47. The van der Waals surface area contributed by atoms with Crippen molar-refractivity contribution in [1.29, 1.82) is 0 Å². The topological polar surface area (TPSA) is 224 Å². The molecule has 13 nitrogen and oxygen atoms in total. The summed E-state index contributed by atoms with van der Waals surface area (Å²) >= 11 is 0. The third-order valence-electron chi connectivity index (χ3n) is 2.64. The van der Waals surface area contributed by atoms with Crippen molar-refractivity contribution in [2.75, 3.05) is 6.61 Å². The molecule has 15 heteroatoms. The maximum atomic E-state index is 10.7. The number of hydrogen-bond donors (Lipinski definition) is 8. The zero-order valence-corrected chi connectivity index (χ0v) is 12.5. The van der Waals surface area contributed by atoms with Crippen molar-refractivity contribution in [3.63, 3.8) is 0 Å². The van der Waals surface area contributed by atoms with Crippen molar-refractivity contribution in [3.8, 4) is 0 Å². The summed E-state index contributed by atoms with van der Waals surface area (Å²) in [4.78, 5) is 34.3. The lowest BCUT2D eigenvalue weighted by Gasteiger charge is -2.41. The lowest BCUT2D eigenvalue weighted by molar-refractivity contribution is -0.292. The highest BCUT2D eigenvalue weighted by molar-refractivity contribution is 7.46. The Morgan fingerprint density at radius 3 is 1.95 bits per heavy atom. The van der Waals surface area contributed by atoms with E-state index in [4.69, 9.17) is 24.3 Å². The van der Waals surface area contributed by atoms with Crippen molar-refractivity contribution in [1.82, 2.24) is 0 Å². The van der Waals surface area contributed by atoms with Gasteiger partial charge in [-0.05, 0) is 0 Å². The fourth-order valence-electron chi connectivity index (χ4n) is 1.68. The molecule has 0 spiro atoms. The van der Waals surface area contributed by atoms with Gasteiger partial charge in [-0.1, -0.05) is 0 Å². The Morgan fingerprint density at radius 2 is 1.50 bits per heavy atom. The molecule has 0 bridgehead atoms. The molecular weight excluding hydrogens is 354 g/mol. The average Bonchev–Trinajstić information content (AvgIpc) is 2.34. The van der Waals surface area contributed by atoms with E-state index >= 15 is 0 Å². The number of ether oxygens (including phenoxy) is 1. The molecular formula is C7H16O13P2. The summed E-state index contributed by atoms with van der Waals surface area (Å²) in [5, 5.41) is 38.3. The Balaban J connectivity index is 2.80. The maximum Gasteiger partial charge on any atom is 0.472 e. The number of aliphatic hydroxyl groups is 4. The Labute approximate surface area is 123 Å². The van der Waals surface area contributed by atoms with Crippen LogP contribution in [-0.4, -0.2) is 83.4 Å². The molecule has 22 heavy (non-hydrogen) atoms. The molecule has 0 saturated carbocycles. The summed E-state index contributed by atoms with van der Waals surface area (Å²) in [5.41, 5.74) is 0. The van der Waals surface area contributed by atoms with Crippen LogP contribution in [0.25, 0.3) is 0 Å². The number of aliphatic hydroxyl groups excluding tert-OH is 4. The second-order valence-electron chi connectivity index (χ2n) is 4.39. The monoisotopic (exact) mass is 370 g/mol. The quantitative estimate of drug-likeness (QED) is 0.212. The van der Waals surface area contributed by atoms with Gasteiger partial charge >= 0.3 is 15.6 Å². The second-order valence-corrected chi connectivity index (χ2v) is 6.82. The molecule has 1 fully saturated rings. The van der Waals surface area contributed by atoms with Crippen LogP contribution in [0.4, 0.5) is 0 Å². The first-order valence-corrected chi connectivity index (χ1v) is 8.69. The molecule has 0 aromatic carbocycles. The van der Waals surface area contributed by atoms with Crippen LogP contribution in [0.3, 0.4) is 0 Å². The number of phosphoric acid groups is 2. The van der Waals surface area contributed by atoms with Gasteiger partial charge in [-0.3, -0.25) is 9.05 Å². The van der Waals surface area contributed by atoms with E-state index in [1.807, 2.05) is 0 Å². The van der Waals surface area contributed by atoms with Gasteiger partial charge in [0.1, 0.15) is 30.5 Å². The van der Waals surface area contributed by atoms with E-state index < -0.39 is 59.1 Å². The van der Waals surface area contributed by atoms with Crippen molar-refractivity contribution >= 4 is 15.6 Å². The highest BCUT2D eigenvalue weighted by Gasteiger charge is 2.49. The van der Waals surface area contributed by atoms with Crippen LogP contribution in [0.15, 0.2) is 0 Å². The molecule has 1 heterocycles. The van der Waals surface area contributed by atoms with Gasteiger partial charge in [0.25, 0.3) is 0 Å². The van der Waals surface area contributed by atoms with Gasteiger partial charge in [-0.15, -0.1) is 0 Å². The number of phosphoric ester groups is 2. The summed E-state index contributed by atoms with van der Waals surface area (Å²) < 4.78 is 34.0. The minimum Gasteiger partial charge on any atom is -0.388 e. The minimum atomic E-state index is -5.13. The third kappa shape index (κ3) is 5.91. The molecule has 8 N–H and O–H groups in total. The second kappa shape index (κ2) is 7.28. The Hall–Kier alpha value is 0.0200. The molecule has 1 saturated heterocycles. The van der Waals surface area contributed by atoms with Gasteiger partial charge in [0.15, 0.2) is 6.29 Å².